The maximum absolute atomic E-state index is 12.9. The molecule has 0 aliphatic carbocycles. The Labute approximate surface area is 170 Å². The summed E-state index contributed by atoms with van der Waals surface area (Å²) in [6.07, 6.45) is 1.18. The molecular formula is C21H24N4O2S. The van der Waals surface area contributed by atoms with Crippen molar-refractivity contribution in [3.05, 3.63) is 65.2 Å². The van der Waals surface area contributed by atoms with Gasteiger partial charge < -0.3 is 10.6 Å². The monoisotopic (exact) mass is 396 g/mol. The molecule has 146 valence electrons. The Balaban J connectivity index is 1.64. The largest absolute Gasteiger partial charge is 0.344 e. The lowest BCUT2D eigenvalue weighted by molar-refractivity contribution is -0.132. The second-order valence-electron chi connectivity index (χ2n) is 7.20. The Morgan fingerprint density at radius 1 is 1.11 bits per heavy atom. The molecule has 3 N–H and O–H groups in total. The van der Waals surface area contributed by atoms with E-state index in [4.69, 9.17) is 12.2 Å². The Morgan fingerprint density at radius 3 is 2.54 bits per heavy atom. The van der Waals surface area contributed by atoms with Crippen molar-refractivity contribution in [1.82, 2.24) is 15.8 Å². The van der Waals surface area contributed by atoms with Crippen LogP contribution >= 0.6 is 12.2 Å². The van der Waals surface area contributed by atoms with Gasteiger partial charge in [-0.25, -0.2) is 4.79 Å². The van der Waals surface area contributed by atoms with Crippen LogP contribution in [0.1, 0.15) is 30.0 Å². The van der Waals surface area contributed by atoms with Gasteiger partial charge in [-0.3, -0.25) is 10.2 Å². The zero-order chi connectivity index (χ0) is 20.3. The topological polar surface area (TPSA) is 73.5 Å². The number of benzene rings is 2. The summed E-state index contributed by atoms with van der Waals surface area (Å²) in [5.74, 6) is -0.349. The number of nitrogens with zero attached hydrogens (tertiary/aromatic N) is 1. The zero-order valence-electron chi connectivity index (χ0n) is 16.2. The smallest absolute Gasteiger partial charge is 0.331 e. The number of hydrogen-bond donors (Lipinski definition) is 3. The summed E-state index contributed by atoms with van der Waals surface area (Å²) in [6.45, 7) is 5.72. The van der Waals surface area contributed by atoms with E-state index >= 15 is 0 Å². The first-order valence-corrected chi connectivity index (χ1v) is 9.55. The summed E-state index contributed by atoms with van der Waals surface area (Å²) < 4.78 is 0. The fraction of sp³-hybridized carbons (Fsp3) is 0.286. The number of carbonyl (C=O) groups is 2. The van der Waals surface area contributed by atoms with Gasteiger partial charge in [0, 0.05) is 5.69 Å². The molecular weight excluding hydrogens is 372 g/mol. The SMILES string of the molecule is Cc1cccc(NC(=S)NN2C(=O)N[C@@](C)(CCc3ccccc3)C2=O)c1C. The summed E-state index contributed by atoms with van der Waals surface area (Å²) >= 11 is 5.30. The first-order chi connectivity index (χ1) is 13.3. The van der Waals surface area contributed by atoms with E-state index in [1.54, 1.807) is 6.92 Å². The molecule has 1 atom stereocenters. The quantitative estimate of drug-likeness (QED) is 0.533. The second kappa shape index (κ2) is 7.98. The molecule has 7 heteroatoms. The molecule has 0 unspecified atom stereocenters. The van der Waals surface area contributed by atoms with Crippen molar-refractivity contribution >= 4 is 35.0 Å². The van der Waals surface area contributed by atoms with E-state index in [2.05, 4.69) is 16.1 Å². The van der Waals surface area contributed by atoms with Crippen LogP contribution in [0.25, 0.3) is 0 Å². The number of urea groups is 1. The average Bonchev–Trinajstić information content (AvgIpc) is 2.88. The van der Waals surface area contributed by atoms with Gasteiger partial charge in [0.1, 0.15) is 5.54 Å². The number of nitrogens with one attached hydrogen (secondary N) is 3. The van der Waals surface area contributed by atoms with Crippen molar-refractivity contribution in [3.8, 4) is 0 Å². The van der Waals surface area contributed by atoms with Crippen LogP contribution in [0.5, 0.6) is 0 Å². The van der Waals surface area contributed by atoms with E-state index in [1.807, 2.05) is 62.4 Å². The van der Waals surface area contributed by atoms with Crippen molar-refractivity contribution in [2.75, 3.05) is 5.32 Å². The fourth-order valence-corrected chi connectivity index (χ4v) is 3.33. The summed E-state index contributed by atoms with van der Waals surface area (Å²) in [5.41, 5.74) is 5.86. The molecule has 1 aliphatic rings. The van der Waals surface area contributed by atoms with Crippen LogP contribution in [0.4, 0.5) is 10.5 Å². The molecule has 0 radical (unpaired) electrons. The predicted molar refractivity (Wildman–Crippen MR) is 114 cm³/mol. The van der Waals surface area contributed by atoms with E-state index in [-0.39, 0.29) is 11.0 Å². The van der Waals surface area contributed by atoms with Crippen molar-refractivity contribution in [2.45, 2.75) is 39.2 Å². The van der Waals surface area contributed by atoms with Crippen LogP contribution in [0.2, 0.25) is 0 Å². The van der Waals surface area contributed by atoms with Gasteiger partial charge >= 0.3 is 6.03 Å². The number of thiocarbonyl (C=S) groups is 1. The zero-order valence-corrected chi connectivity index (χ0v) is 17.0. The first-order valence-electron chi connectivity index (χ1n) is 9.15. The highest BCUT2D eigenvalue weighted by Gasteiger charge is 2.48. The number of hydrazine groups is 1. The number of amides is 3. The van der Waals surface area contributed by atoms with Crippen molar-refractivity contribution in [1.29, 1.82) is 0 Å². The van der Waals surface area contributed by atoms with Gasteiger partial charge in [-0.1, -0.05) is 42.5 Å². The minimum Gasteiger partial charge on any atom is -0.331 e. The molecule has 3 rings (SSSR count). The Bertz CT molecular complexity index is 916. The van der Waals surface area contributed by atoms with E-state index in [0.717, 1.165) is 27.4 Å². The summed E-state index contributed by atoms with van der Waals surface area (Å²) in [6, 6.07) is 15.2. The molecule has 0 bridgehead atoms. The summed E-state index contributed by atoms with van der Waals surface area (Å²) in [5, 5.41) is 6.96. The molecule has 0 aromatic heterocycles. The molecule has 28 heavy (non-hydrogen) atoms. The molecule has 1 saturated heterocycles. The molecule has 3 amide bonds. The van der Waals surface area contributed by atoms with Crippen LogP contribution in [0.3, 0.4) is 0 Å². The first kappa shape index (κ1) is 19.8. The van der Waals surface area contributed by atoms with E-state index in [9.17, 15) is 9.59 Å². The second-order valence-corrected chi connectivity index (χ2v) is 7.61. The molecule has 1 aliphatic heterocycles. The summed E-state index contributed by atoms with van der Waals surface area (Å²) in [4.78, 5) is 25.2. The van der Waals surface area contributed by atoms with Crippen molar-refractivity contribution in [2.24, 2.45) is 0 Å². The lowest BCUT2D eigenvalue weighted by Crippen LogP contribution is -2.50. The lowest BCUT2D eigenvalue weighted by atomic mass is 9.93. The molecule has 1 fully saturated rings. The van der Waals surface area contributed by atoms with Gasteiger partial charge in [-0.05, 0) is 68.6 Å². The lowest BCUT2D eigenvalue weighted by Gasteiger charge is -2.22. The third-order valence-electron chi connectivity index (χ3n) is 5.08. The molecule has 6 nitrogen and oxygen atoms in total. The number of aryl methyl sites for hydroxylation is 2. The Hall–Kier alpha value is -2.93. The van der Waals surface area contributed by atoms with Crippen molar-refractivity contribution in [3.63, 3.8) is 0 Å². The number of hydrogen-bond acceptors (Lipinski definition) is 3. The third-order valence-corrected chi connectivity index (χ3v) is 5.28. The number of imide groups is 1. The average molecular weight is 397 g/mol. The molecule has 0 saturated carbocycles. The van der Waals surface area contributed by atoms with Crippen molar-refractivity contribution < 1.29 is 9.59 Å². The minimum absolute atomic E-state index is 0.185. The van der Waals surface area contributed by atoms with Crippen LogP contribution in [-0.2, 0) is 11.2 Å². The van der Waals surface area contributed by atoms with Crippen LogP contribution in [0.15, 0.2) is 48.5 Å². The van der Waals surface area contributed by atoms with Crippen LogP contribution in [-0.4, -0.2) is 27.6 Å². The van der Waals surface area contributed by atoms with Gasteiger partial charge in [-0.2, -0.15) is 5.01 Å². The highest BCUT2D eigenvalue weighted by molar-refractivity contribution is 7.80. The molecule has 1 heterocycles. The van der Waals surface area contributed by atoms with E-state index in [1.165, 1.54) is 0 Å². The van der Waals surface area contributed by atoms with Gasteiger partial charge in [-0.15, -0.1) is 0 Å². The summed E-state index contributed by atoms with van der Waals surface area (Å²) in [7, 11) is 0. The Kier molecular flexibility index (Phi) is 5.65. The number of anilines is 1. The molecule has 2 aromatic carbocycles. The normalized spacial score (nSPS) is 18.8. The van der Waals surface area contributed by atoms with Gasteiger partial charge in [0.25, 0.3) is 5.91 Å². The van der Waals surface area contributed by atoms with E-state index < -0.39 is 11.6 Å². The van der Waals surface area contributed by atoms with Gasteiger partial charge in [0.15, 0.2) is 5.11 Å². The van der Waals surface area contributed by atoms with Gasteiger partial charge in [0.05, 0.1) is 0 Å². The van der Waals surface area contributed by atoms with E-state index in [0.29, 0.717) is 12.8 Å². The van der Waals surface area contributed by atoms with Crippen LogP contribution in [0, 0.1) is 13.8 Å². The molecule has 2 aromatic rings. The predicted octanol–water partition coefficient (Wildman–Crippen LogP) is 3.45. The highest BCUT2D eigenvalue weighted by atomic mass is 32.1. The van der Waals surface area contributed by atoms with Gasteiger partial charge in [0.2, 0.25) is 0 Å². The maximum Gasteiger partial charge on any atom is 0.344 e. The highest BCUT2D eigenvalue weighted by Crippen LogP contribution is 2.23. The minimum atomic E-state index is -0.977. The Morgan fingerprint density at radius 2 is 1.82 bits per heavy atom. The standard InChI is InChI=1S/C21H24N4O2S/c1-14-8-7-11-17(15(14)2)22-19(28)24-25-18(26)21(3,23-20(25)27)13-12-16-9-5-4-6-10-16/h4-11H,12-13H2,1-3H3,(H,23,27)(H2,22,24,28)/t21-/m0/s1. The molecule has 0 spiro atoms. The third kappa shape index (κ3) is 4.14. The van der Waals surface area contributed by atoms with Crippen LogP contribution < -0.4 is 16.1 Å². The number of carbonyl (C=O) groups excluding carboxylic acids is 2. The number of rotatable bonds is 5. The fourth-order valence-electron chi connectivity index (χ4n) is 3.13. The maximum atomic E-state index is 12.9.